The molecule has 140 valence electrons. The van der Waals surface area contributed by atoms with Gasteiger partial charge in [0.1, 0.15) is 23.2 Å². The lowest BCUT2D eigenvalue weighted by molar-refractivity contribution is 0.415. The molecule has 0 saturated carbocycles. The number of pyridine rings is 1. The van der Waals surface area contributed by atoms with Crippen LogP contribution in [0.1, 0.15) is 5.56 Å². The molecule has 0 aliphatic rings. The number of hydrogen-bond donors (Lipinski definition) is 1. The van der Waals surface area contributed by atoms with Crippen LogP contribution in [0.4, 0.5) is 5.82 Å². The van der Waals surface area contributed by atoms with Crippen LogP contribution in [-0.4, -0.2) is 12.1 Å². The molecule has 0 aliphatic carbocycles. The smallest absolute Gasteiger partial charge is 0.142 e. The minimum absolute atomic E-state index is 0.232. The first kappa shape index (κ1) is 18.3. The largest absolute Gasteiger partial charge is 0.497 e. The van der Waals surface area contributed by atoms with E-state index in [-0.39, 0.29) is 5.82 Å². The van der Waals surface area contributed by atoms with Gasteiger partial charge in [-0.05, 0) is 41.0 Å². The number of nitrogens with zero attached hydrogens (tertiary/aromatic N) is 2. The summed E-state index contributed by atoms with van der Waals surface area (Å²) in [5.74, 6) is 1.03. The summed E-state index contributed by atoms with van der Waals surface area (Å²) < 4.78 is 5.34. The first-order valence-corrected chi connectivity index (χ1v) is 9.20. The van der Waals surface area contributed by atoms with E-state index < -0.39 is 0 Å². The van der Waals surface area contributed by atoms with Crippen LogP contribution in [0, 0.1) is 11.3 Å². The van der Waals surface area contributed by atoms with E-state index in [0.29, 0.717) is 5.56 Å². The van der Waals surface area contributed by atoms with E-state index in [4.69, 9.17) is 10.5 Å². The average molecular weight is 377 g/mol. The molecule has 0 radical (unpaired) electrons. The molecule has 0 atom stereocenters. The van der Waals surface area contributed by atoms with Crippen molar-refractivity contribution >= 4 is 5.82 Å². The molecule has 4 rings (SSSR count). The van der Waals surface area contributed by atoms with Gasteiger partial charge in [-0.25, -0.2) is 4.98 Å². The van der Waals surface area contributed by atoms with Crippen LogP contribution in [0.2, 0.25) is 0 Å². The normalized spacial score (nSPS) is 10.3. The van der Waals surface area contributed by atoms with Gasteiger partial charge in [0.25, 0.3) is 0 Å². The molecular weight excluding hydrogens is 358 g/mol. The molecule has 0 saturated heterocycles. The maximum Gasteiger partial charge on any atom is 0.142 e. The molecule has 0 aliphatic heterocycles. The molecule has 0 spiro atoms. The molecule has 0 fully saturated rings. The van der Waals surface area contributed by atoms with Gasteiger partial charge >= 0.3 is 0 Å². The van der Waals surface area contributed by atoms with Crippen molar-refractivity contribution in [3.63, 3.8) is 0 Å². The number of rotatable bonds is 4. The Morgan fingerprint density at radius 3 is 2.17 bits per heavy atom. The Labute approximate surface area is 169 Å². The molecule has 4 aromatic rings. The molecule has 2 N–H and O–H groups in total. The number of nitrogen functional groups attached to an aromatic ring is 1. The van der Waals surface area contributed by atoms with Crippen molar-refractivity contribution in [2.24, 2.45) is 0 Å². The summed E-state index contributed by atoms with van der Waals surface area (Å²) >= 11 is 0. The second-order valence-corrected chi connectivity index (χ2v) is 6.61. The second kappa shape index (κ2) is 7.87. The van der Waals surface area contributed by atoms with E-state index in [2.05, 4.69) is 17.1 Å². The number of methoxy groups -OCH3 is 1. The Morgan fingerprint density at radius 2 is 1.45 bits per heavy atom. The Kier molecular flexibility index (Phi) is 4.96. The average Bonchev–Trinajstić information content (AvgIpc) is 2.79. The van der Waals surface area contributed by atoms with Crippen molar-refractivity contribution in [1.82, 2.24) is 4.98 Å². The van der Waals surface area contributed by atoms with Gasteiger partial charge in [-0.3, -0.25) is 0 Å². The predicted octanol–water partition coefficient (Wildman–Crippen LogP) is 5.55. The summed E-state index contributed by atoms with van der Waals surface area (Å²) in [6.45, 7) is 0. The third-order valence-corrected chi connectivity index (χ3v) is 4.81. The van der Waals surface area contributed by atoms with Crippen molar-refractivity contribution in [3.05, 3.63) is 90.5 Å². The van der Waals surface area contributed by atoms with E-state index in [1.807, 2.05) is 78.9 Å². The monoisotopic (exact) mass is 377 g/mol. The maximum atomic E-state index is 9.69. The molecular formula is C25H19N3O. The lowest BCUT2D eigenvalue weighted by atomic mass is 9.95. The molecule has 4 nitrogen and oxygen atoms in total. The highest BCUT2D eigenvalue weighted by Gasteiger charge is 2.14. The minimum atomic E-state index is 0.232. The molecule has 3 aromatic carbocycles. The maximum absolute atomic E-state index is 9.69. The zero-order chi connectivity index (χ0) is 20.2. The van der Waals surface area contributed by atoms with Crippen molar-refractivity contribution in [2.45, 2.75) is 0 Å². The Bertz CT molecular complexity index is 1210. The standard InChI is InChI=1S/C25H19N3O/c1-29-21-12-6-10-19(14-21)18-9-5-11-20(13-18)22-15-24(17-7-3-2-4-8-17)28-25(27)23(22)16-26/h2-15H,1H3,(H2,27,28). The summed E-state index contributed by atoms with van der Waals surface area (Å²) in [6.07, 6.45) is 0. The molecule has 4 heteroatoms. The lowest BCUT2D eigenvalue weighted by Gasteiger charge is -2.12. The highest BCUT2D eigenvalue weighted by Crippen LogP contribution is 2.34. The highest BCUT2D eigenvalue weighted by atomic mass is 16.5. The van der Waals surface area contributed by atoms with Crippen LogP contribution >= 0.6 is 0 Å². The number of hydrogen-bond acceptors (Lipinski definition) is 4. The van der Waals surface area contributed by atoms with Crippen LogP contribution < -0.4 is 10.5 Å². The van der Waals surface area contributed by atoms with Gasteiger partial charge in [0.15, 0.2) is 0 Å². The van der Waals surface area contributed by atoms with E-state index in [1.165, 1.54) is 0 Å². The first-order chi connectivity index (χ1) is 14.2. The van der Waals surface area contributed by atoms with Crippen LogP contribution in [0.15, 0.2) is 84.9 Å². The number of nitrogens with two attached hydrogens (primary N) is 1. The molecule has 0 amide bonds. The fourth-order valence-corrected chi connectivity index (χ4v) is 3.34. The zero-order valence-electron chi connectivity index (χ0n) is 16.0. The van der Waals surface area contributed by atoms with Crippen molar-refractivity contribution in [2.75, 3.05) is 12.8 Å². The Balaban J connectivity index is 1.86. The fraction of sp³-hybridized carbons (Fsp3) is 0.0400. The summed E-state index contributed by atoms with van der Waals surface area (Å²) in [5, 5.41) is 9.69. The third-order valence-electron chi connectivity index (χ3n) is 4.81. The van der Waals surface area contributed by atoms with Crippen LogP contribution in [0.3, 0.4) is 0 Å². The predicted molar refractivity (Wildman–Crippen MR) is 116 cm³/mol. The first-order valence-electron chi connectivity index (χ1n) is 9.20. The van der Waals surface area contributed by atoms with E-state index >= 15 is 0 Å². The van der Waals surface area contributed by atoms with Gasteiger partial charge < -0.3 is 10.5 Å². The van der Waals surface area contributed by atoms with E-state index in [0.717, 1.165) is 39.3 Å². The minimum Gasteiger partial charge on any atom is -0.497 e. The van der Waals surface area contributed by atoms with Crippen LogP contribution in [0.25, 0.3) is 33.5 Å². The molecule has 0 bridgehead atoms. The number of ether oxygens (including phenoxy) is 1. The molecule has 1 heterocycles. The third kappa shape index (κ3) is 3.67. The number of nitriles is 1. The second-order valence-electron chi connectivity index (χ2n) is 6.61. The molecule has 0 unspecified atom stereocenters. The summed E-state index contributed by atoms with van der Waals surface area (Å²) in [4.78, 5) is 4.44. The van der Waals surface area contributed by atoms with Crippen LogP contribution in [0.5, 0.6) is 5.75 Å². The highest BCUT2D eigenvalue weighted by molar-refractivity contribution is 5.82. The molecule has 1 aromatic heterocycles. The van der Waals surface area contributed by atoms with E-state index in [9.17, 15) is 5.26 Å². The van der Waals surface area contributed by atoms with Gasteiger partial charge in [0, 0.05) is 11.1 Å². The molecule has 29 heavy (non-hydrogen) atoms. The van der Waals surface area contributed by atoms with Crippen molar-refractivity contribution in [1.29, 1.82) is 5.26 Å². The topological polar surface area (TPSA) is 71.9 Å². The van der Waals surface area contributed by atoms with Gasteiger partial charge in [0.05, 0.1) is 12.8 Å². The van der Waals surface area contributed by atoms with E-state index in [1.54, 1.807) is 7.11 Å². The number of aromatic nitrogens is 1. The SMILES string of the molecule is COc1cccc(-c2cccc(-c3cc(-c4ccccc4)nc(N)c3C#N)c2)c1. The zero-order valence-corrected chi connectivity index (χ0v) is 16.0. The number of benzene rings is 3. The summed E-state index contributed by atoms with van der Waals surface area (Å²) in [6, 6.07) is 29.9. The summed E-state index contributed by atoms with van der Waals surface area (Å²) in [5.41, 5.74) is 12.0. The lowest BCUT2D eigenvalue weighted by Crippen LogP contribution is -1.99. The van der Waals surface area contributed by atoms with Crippen molar-refractivity contribution in [3.8, 4) is 45.3 Å². The van der Waals surface area contributed by atoms with Gasteiger partial charge in [0.2, 0.25) is 0 Å². The van der Waals surface area contributed by atoms with Gasteiger partial charge in [-0.2, -0.15) is 5.26 Å². The van der Waals surface area contributed by atoms with Crippen molar-refractivity contribution < 1.29 is 4.74 Å². The number of anilines is 1. The quantitative estimate of drug-likeness (QED) is 0.506. The van der Waals surface area contributed by atoms with Gasteiger partial charge in [-0.1, -0.05) is 60.7 Å². The van der Waals surface area contributed by atoms with Crippen LogP contribution in [-0.2, 0) is 0 Å². The summed E-state index contributed by atoms with van der Waals surface area (Å²) in [7, 11) is 1.65. The Hall–Kier alpha value is -4.10. The Morgan fingerprint density at radius 1 is 0.793 bits per heavy atom. The van der Waals surface area contributed by atoms with Gasteiger partial charge in [-0.15, -0.1) is 0 Å². The fourth-order valence-electron chi connectivity index (χ4n) is 3.34.